The van der Waals surface area contributed by atoms with Crippen LogP contribution in [0.4, 0.5) is 0 Å². The third-order valence-corrected chi connectivity index (χ3v) is 5.08. The van der Waals surface area contributed by atoms with Gasteiger partial charge in [0.2, 0.25) is 5.91 Å². The van der Waals surface area contributed by atoms with Gasteiger partial charge in [-0.3, -0.25) is 9.59 Å². The Labute approximate surface area is 127 Å². The maximum atomic E-state index is 11.8. The molecule has 0 heterocycles. The van der Waals surface area contributed by atoms with Gasteiger partial charge in [-0.15, -0.1) is 0 Å². The Bertz CT molecular complexity index is 359. The predicted molar refractivity (Wildman–Crippen MR) is 80.8 cm³/mol. The molecule has 5 nitrogen and oxygen atoms in total. The predicted octanol–water partition coefficient (Wildman–Crippen LogP) is 2.18. The first kappa shape index (κ1) is 18.0. The molecule has 0 aliphatic heterocycles. The molecule has 1 aliphatic rings. The lowest BCUT2D eigenvalue weighted by Gasteiger charge is -2.36. The summed E-state index contributed by atoms with van der Waals surface area (Å²) in [7, 11) is 0. The highest BCUT2D eigenvalue weighted by molar-refractivity contribution is 5.75. The maximum Gasteiger partial charge on any atom is 0.309 e. The van der Waals surface area contributed by atoms with Crippen LogP contribution < -0.4 is 5.32 Å². The molecule has 0 aromatic rings. The van der Waals surface area contributed by atoms with Crippen molar-refractivity contribution >= 4 is 11.9 Å². The van der Waals surface area contributed by atoms with E-state index in [1.54, 1.807) is 0 Å². The van der Waals surface area contributed by atoms with Crippen LogP contribution in [0.2, 0.25) is 0 Å². The van der Waals surface area contributed by atoms with Crippen molar-refractivity contribution in [2.24, 2.45) is 17.3 Å². The largest absolute Gasteiger partial charge is 0.481 e. The van der Waals surface area contributed by atoms with Gasteiger partial charge >= 0.3 is 5.97 Å². The Hall–Kier alpha value is -1.10. The van der Waals surface area contributed by atoms with Gasteiger partial charge in [-0.2, -0.15) is 0 Å². The fourth-order valence-electron chi connectivity index (χ4n) is 3.75. The van der Waals surface area contributed by atoms with Crippen molar-refractivity contribution in [2.45, 2.75) is 65.3 Å². The van der Waals surface area contributed by atoms with E-state index in [9.17, 15) is 19.8 Å². The minimum Gasteiger partial charge on any atom is -0.481 e. The second kappa shape index (κ2) is 7.78. The summed E-state index contributed by atoms with van der Waals surface area (Å²) in [5.41, 5.74) is -0.681. The quantitative estimate of drug-likeness (QED) is 0.641. The lowest BCUT2D eigenvalue weighted by molar-refractivity contribution is -0.150. The third kappa shape index (κ3) is 4.43. The summed E-state index contributed by atoms with van der Waals surface area (Å²) >= 11 is 0. The number of hydrogen-bond donors (Lipinski definition) is 3. The monoisotopic (exact) mass is 299 g/mol. The van der Waals surface area contributed by atoms with E-state index in [0.29, 0.717) is 19.3 Å². The van der Waals surface area contributed by atoms with Crippen LogP contribution in [0.3, 0.4) is 0 Å². The van der Waals surface area contributed by atoms with E-state index in [2.05, 4.69) is 5.32 Å². The van der Waals surface area contributed by atoms with E-state index in [1.165, 1.54) is 6.92 Å². The molecule has 1 rings (SSSR count). The van der Waals surface area contributed by atoms with Crippen LogP contribution in [0.15, 0.2) is 0 Å². The van der Waals surface area contributed by atoms with Gasteiger partial charge in [0.25, 0.3) is 0 Å². The van der Waals surface area contributed by atoms with Crippen LogP contribution >= 0.6 is 0 Å². The Morgan fingerprint density at radius 2 is 1.86 bits per heavy atom. The van der Waals surface area contributed by atoms with Crippen LogP contribution in [0.25, 0.3) is 0 Å². The molecule has 1 aliphatic carbocycles. The van der Waals surface area contributed by atoms with Gasteiger partial charge in [-0.05, 0) is 38.0 Å². The highest BCUT2D eigenvalue weighted by Crippen LogP contribution is 2.45. The molecule has 5 heteroatoms. The van der Waals surface area contributed by atoms with Crippen molar-refractivity contribution in [3.05, 3.63) is 0 Å². The second-order valence-electron chi connectivity index (χ2n) is 6.50. The summed E-state index contributed by atoms with van der Waals surface area (Å²) < 4.78 is 0. The summed E-state index contributed by atoms with van der Waals surface area (Å²) in [6.45, 7) is 5.40. The number of carboxylic acids is 1. The number of hydrogen-bond acceptors (Lipinski definition) is 3. The van der Waals surface area contributed by atoms with Crippen LogP contribution in [0, 0.1) is 17.3 Å². The van der Waals surface area contributed by atoms with E-state index in [4.69, 9.17) is 0 Å². The molecule has 0 aromatic heterocycles. The zero-order valence-corrected chi connectivity index (χ0v) is 13.4. The van der Waals surface area contributed by atoms with Crippen molar-refractivity contribution in [1.29, 1.82) is 0 Å². The van der Waals surface area contributed by atoms with Gasteiger partial charge in [0.15, 0.2) is 0 Å². The molecule has 1 amide bonds. The molecule has 21 heavy (non-hydrogen) atoms. The fraction of sp³-hybridized carbons (Fsp3) is 0.875. The average Bonchev–Trinajstić information content (AvgIpc) is 2.88. The first-order chi connectivity index (χ1) is 9.86. The van der Waals surface area contributed by atoms with Gasteiger partial charge < -0.3 is 15.5 Å². The first-order valence-corrected chi connectivity index (χ1v) is 7.97. The smallest absolute Gasteiger partial charge is 0.309 e. The molecule has 1 fully saturated rings. The number of aliphatic hydroxyl groups excluding tert-OH is 1. The molecule has 3 N–H and O–H groups in total. The van der Waals surface area contributed by atoms with Gasteiger partial charge in [-0.25, -0.2) is 0 Å². The molecule has 1 unspecified atom stereocenters. The highest BCUT2D eigenvalue weighted by Gasteiger charge is 2.45. The normalized spacial score (nSPS) is 21.5. The SMILES string of the molecule is CC[C@H](CO)[C@H](CC1(C(=O)O)CCCC1)C(C)NC(C)=O. The molecular weight excluding hydrogens is 270 g/mol. The molecular formula is C16H29NO4. The molecule has 122 valence electrons. The zero-order chi connectivity index (χ0) is 16.0. The minimum absolute atomic E-state index is 0.0156. The van der Waals surface area contributed by atoms with E-state index < -0.39 is 11.4 Å². The second-order valence-corrected chi connectivity index (χ2v) is 6.50. The van der Waals surface area contributed by atoms with E-state index >= 15 is 0 Å². The van der Waals surface area contributed by atoms with Crippen molar-refractivity contribution in [3.63, 3.8) is 0 Å². The molecule has 0 saturated heterocycles. The molecule has 3 atom stereocenters. The number of nitrogens with one attached hydrogen (secondary N) is 1. The van der Waals surface area contributed by atoms with Crippen LogP contribution in [0.5, 0.6) is 0 Å². The summed E-state index contributed by atoms with van der Waals surface area (Å²) in [6.07, 6.45) is 4.61. The summed E-state index contributed by atoms with van der Waals surface area (Å²) in [4.78, 5) is 23.1. The molecule has 1 saturated carbocycles. The number of carbonyl (C=O) groups excluding carboxylic acids is 1. The molecule has 0 bridgehead atoms. The van der Waals surface area contributed by atoms with Gasteiger partial charge in [-0.1, -0.05) is 26.2 Å². The van der Waals surface area contributed by atoms with Gasteiger partial charge in [0.05, 0.1) is 5.41 Å². The Kier molecular flexibility index (Phi) is 6.65. The van der Waals surface area contributed by atoms with E-state index in [1.807, 2.05) is 13.8 Å². The summed E-state index contributed by atoms with van der Waals surface area (Å²) in [5, 5.41) is 22.1. The third-order valence-electron chi connectivity index (χ3n) is 5.08. The Balaban J connectivity index is 2.94. The molecule has 0 spiro atoms. The molecule has 0 aromatic carbocycles. The Morgan fingerprint density at radius 3 is 2.24 bits per heavy atom. The van der Waals surface area contributed by atoms with Crippen molar-refractivity contribution < 1.29 is 19.8 Å². The minimum atomic E-state index is -0.729. The van der Waals surface area contributed by atoms with Crippen molar-refractivity contribution in [3.8, 4) is 0 Å². The van der Waals surface area contributed by atoms with Crippen LogP contribution in [-0.2, 0) is 9.59 Å². The summed E-state index contributed by atoms with van der Waals surface area (Å²) in [6, 6.07) is -0.128. The number of rotatable bonds is 8. The topological polar surface area (TPSA) is 86.6 Å². The van der Waals surface area contributed by atoms with Crippen LogP contribution in [0.1, 0.15) is 59.3 Å². The average molecular weight is 299 g/mol. The molecule has 0 radical (unpaired) electrons. The summed E-state index contributed by atoms with van der Waals surface area (Å²) in [5.74, 6) is -0.842. The van der Waals surface area contributed by atoms with Crippen molar-refractivity contribution in [2.75, 3.05) is 6.61 Å². The van der Waals surface area contributed by atoms with Gasteiger partial charge in [0.1, 0.15) is 0 Å². The number of carboxylic acid groups (broad SMARTS) is 1. The maximum absolute atomic E-state index is 11.8. The number of amides is 1. The lowest BCUT2D eigenvalue weighted by Crippen LogP contribution is -2.44. The number of aliphatic carboxylic acids is 1. The van der Waals surface area contributed by atoms with Crippen LogP contribution in [-0.4, -0.2) is 34.7 Å². The van der Waals surface area contributed by atoms with Crippen molar-refractivity contribution in [1.82, 2.24) is 5.32 Å². The lowest BCUT2D eigenvalue weighted by atomic mass is 9.71. The van der Waals surface area contributed by atoms with E-state index in [-0.39, 0.29) is 30.4 Å². The number of aliphatic hydroxyl groups is 1. The van der Waals surface area contributed by atoms with Gasteiger partial charge in [0, 0.05) is 19.6 Å². The first-order valence-electron chi connectivity index (χ1n) is 7.97. The fourth-order valence-corrected chi connectivity index (χ4v) is 3.75. The zero-order valence-electron chi connectivity index (χ0n) is 13.4. The van der Waals surface area contributed by atoms with E-state index in [0.717, 1.165) is 19.3 Å². The highest BCUT2D eigenvalue weighted by atomic mass is 16.4. The Morgan fingerprint density at radius 1 is 1.29 bits per heavy atom. The standard InChI is InChI=1S/C16H29NO4/c1-4-13(10-18)14(11(2)17-12(3)19)9-16(15(20)21)7-5-6-8-16/h11,13-14,18H,4-10H2,1-3H3,(H,17,19)(H,20,21)/t11?,13-,14-/m1/s1. The number of carbonyl (C=O) groups is 2.